The summed E-state index contributed by atoms with van der Waals surface area (Å²) in [6, 6.07) is 14.0. The molecule has 1 saturated heterocycles. The van der Waals surface area contributed by atoms with Crippen LogP contribution in [0.5, 0.6) is 0 Å². The Balaban J connectivity index is 1.37. The van der Waals surface area contributed by atoms with Gasteiger partial charge in [-0.05, 0) is 61.6 Å². The number of hydrogen-bond acceptors (Lipinski definition) is 5. The van der Waals surface area contributed by atoms with E-state index in [1.807, 2.05) is 18.2 Å². The van der Waals surface area contributed by atoms with Gasteiger partial charge in [0.15, 0.2) is 6.10 Å². The number of anilines is 1. The molecule has 0 saturated carbocycles. The van der Waals surface area contributed by atoms with Gasteiger partial charge < -0.3 is 10.1 Å². The molecule has 160 valence electrons. The molecular weight excluding hydrogens is 396 g/mol. The number of nitrogens with zero attached hydrogens (tertiary/aromatic N) is 1. The predicted octanol–water partition coefficient (Wildman–Crippen LogP) is 3.08. The van der Waals surface area contributed by atoms with Crippen molar-refractivity contribution in [3.63, 3.8) is 0 Å². The van der Waals surface area contributed by atoms with E-state index in [4.69, 9.17) is 4.74 Å². The zero-order valence-corrected chi connectivity index (χ0v) is 17.3. The molecule has 1 aliphatic heterocycles. The van der Waals surface area contributed by atoms with Crippen LogP contribution in [0.1, 0.15) is 60.1 Å². The molecule has 0 unspecified atom stereocenters. The van der Waals surface area contributed by atoms with Crippen LogP contribution >= 0.6 is 0 Å². The highest BCUT2D eigenvalue weighted by Gasteiger charge is 2.30. The Kier molecular flexibility index (Phi) is 5.84. The first kappa shape index (κ1) is 20.8. The molecule has 3 amide bonds. The van der Waals surface area contributed by atoms with Crippen LogP contribution in [-0.4, -0.2) is 29.8 Å². The van der Waals surface area contributed by atoms with Gasteiger partial charge in [0.05, 0.1) is 17.3 Å². The van der Waals surface area contributed by atoms with Gasteiger partial charge in [-0.15, -0.1) is 0 Å². The number of aryl methyl sites for hydroxylation is 1. The summed E-state index contributed by atoms with van der Waals surface area (Å²) < 4.78 is 5.34. The highest BCUT2D eigenvalue weighted by Crippen LogP contribution is 2.29. The van der Waals surface area contributed by atoms with E-state index in [-0.39, 0.29) is 42.2 Å². The summed E-state index contributed by atoms with van der Waals surface area (Å²) in [5.41, 5.74) is 3.01. The fourth-order valence-electron chi connectivity index (χ4n) is 4.09. The molecule has 7 nitrogen and oxygen atoms in total. The van der Waals surface area contributed by atoms with Gasteiger partial charge in [0.1, 0.15) is 0 Å². The summed E-state index contributed by atoms with van der Waals surface area (Å²) in [4.78, 5) is 49.9. The van der Waals surface area contributed by atoms with Gasteiger partial charge >= 0.3 is 5.97 Å². The molecule has 1 fully saturated rings. The molecule has 1 heterocycles. The minimum Gasteiger partial charge on any atom is -0.449 e. The average Bonchev–Trinajstić information content (AvgIpc) is 3.12. The van der Waals surface area contributed by atoms with Crippen molar-refractivity contribution in [2.75, 3.05) is 4.90 Å². The molecule has 1 N–H and O–H groups in total. The van der Waals surface area contributed by atoms with Crippen molar-refractivity contribution in [2.24, 2.45) is 0 Å². The van der Waals surface area contributed by atoms with Gasteiger partial charge in [0.25, 0.3) is 5.91 Å². The summed E-state index contributed by atoms with van der Waals surface area (Å²) in [6.07, 6.45) is 2.27. The van der Waals surface area contributed by atoms with Crippen molar-refractivity contribution < 1.29 is 23.9 Å². The number of carbonyl (C=O) groups excluding carboxylic acids is 4. The molecule has 2 aliphatic rings. The van der Waals surface area contributed by atoms with E-state index >= 15 is 0 Å². The van der Waals surface area contributed by atoms with Crippen LogP contribution < -0.4 is 10.2 Å². The Morgan fingerprint density at radius 3 is 2.39 bits per heavy atom. The summed E-state index contributed by atoms with van der Waals surface area (Å²) in [7, 11) is 0. The van der Waals surface area contributed by atoms with Gasteiger partial charge in [-0.25, -0.2) is 4.79 Å². The molecule has 7 heteroatoms. The fourth-order valence-corrected chi connectivity index (χ4v) is 4.09. The first-order chi connectivity index (χ1) is 14.9. The van der Waals surface area contributed by atoms with Crippen LogP contribution in [0.25, 0.3) is 0 Å². The zero-order chi connectivity index (χ0) is 22.0. The number of rotatable bonds is 5. The normalized spacial score (nSPS) is 19.0. The Morgan fingerprint density at radius 2 is 1.68 bits per heavy atom. The maximum absolute atomic E-state index is 12.6. The number of esters is 1. The fraction of sp³-hybridized carbons (Fsp3) is 0.333. The first-order valence-electron chi connectivity index (χ1n) is 10.5. The average molecular weight is 420 g/mol. The summed E-state index contributed by atoms with van der Waals surface area (Å²) >= 11 is 0. The summed E-state index contributed by atoms with van der Waals surface area (Å²) in [5.74, 6) is -1.50. The van der Waals surface area contributed by atoms with Crippen molar-refractivity contribution in [1.82, 2.24) is 5.32 Å². The topological polar surface area (TPSA) is 92.8 Å². The molecule has 4 rings (SSSR count). The molecule has 31 heavy (non-hydrogen) atoms. The lowest BCUT2D eigenvalue weighted by Crippen LogP contribution is -2.39. The second-order valence-corrected chi connectivity index (χ2v) is 7.87. The second-order valence-electron chi connectivity index (χ2n) is 7.87. The lowest BCUT2D eigenvalue weighted by Gasteiger charge is -2.27. The highest BCUT2D eigenvalue weighted by molar-refractivity contribution is 6.19. The third-order valence-corrected chi connectivity index (χ3v) is 5.75. The lowest BCUT2D eigenvalue weighted by atomic mass is 9.87. The molecule has 2 atom stereocenters. The van der Waals surface area contributed by atoms with E-state index in [0.717, 1.165) is 29.7 Å². The van der Waals surface area contributed by atoms with Gasteiger partial charge in [0.2, 0.25) is 11.8 Å². The Labute approximate surface area is 180 Å². The maximum Gasteiger partial charge on any atom is 0.338 e. The molecule has 0 spiro atoms. The monoisotopic (exact) mass is 420 g/mol. The molecule has 0 radical (unpaired) electrons. The summed E-state index contributed by atoms with van der Waals surface area (Å²) in [6.45, 7) is 1.54. The van der Waals surface area contributed by atoms with Gasteiger partial charge in [-0.3, -0.25) is 19.3 Å². The number of nitrogens with one attached hydrogen (secondary N) is 1. The largest absolute Gasteiger partial charge is 0.449 e. The van der Waals surface area contributed by atoms with Crippen molar-refractivity contribution in [2.45, 2.75) is 51.2 Å². The van der Waals surface area contributed by atoms with Gasteiger partial charge in [0, 0.05) is 12.8 Å². The van der Waals surface area contributed by atoms with E-state index in [9.17, 15) is 19.2 Å². The number of benzene rings is 2. The van der Waals surface area contributed by atoms with Crippen molar-refractivity contribution in [1.29, 1.82) is 0 Å². The lowest BCUT2D eigenvalue weighted by molar-refractivity contribution is -0.130. The predicted molar refractivity (Wildman–Crippen MR) is 113 cm³/mol. The van der Waals surface area contributed by atoms with E-state index in [2.05, 4.69) is 11.4 Å². The SMILES string of the molecule is C[C@H](OC(=O)c1ccc(N2C(=O)CCC2=O)cc1)C(=O)N[C@H]1CCCc2ccccc21. The van der Waals surface area contributed by atoms with Gasteiger partial charge in [-0.1, -0.05) is 24.3 Å². The third-order valence-electron chi connectivity index (χ3n) is 5.75. The molecule has 1 aliphatic carbocycles. The third kappa shape index (κ3) is 4.35. The van der Waals surface area contributed by atoms with E-state index in [0.29, 0.717) is 5.69 Å². The van der Waals surface area contributed by atoms with E-state index in [1.54, 1.807) is 0 Å². The van der Waals surface area contributed by atoms with Crippen molar-refractivity contribution in [3.05, 3.63) is 65.2 Å². The van der Waals surface area contributed by atoms with Crippen LogP contribution in [0.4, 0.5) is 5.69 Å². The molecule has 0 aromatic heterocycles. The number of fused-ring (bicyclic) bond motifs is 1. The minimum absolute atomic E-state index is 0.0894. The second kappa shape index (κ2) is 8.71. The van der Waals surface area contributed by atoms with Crippen LogP contribution in [0.3, 0.4) is 0 Å². The number of carbonyl (C=O) groups is 4. The molecular formula is C24H24N2O5. The standard InChI is InChI=1S/C24H24N2O5/c1-15(23(29)25-20-8-4-6-16-5-2-3-7-19(16)20)31-24(30)17-9-11-18(12-10-17)26-21(27)13-14-22(26)28/h2-3,5,7,9-12,15,20H,4,6,8,13-14H2,1H3,(H,25,29)/t15-,20-/m0/s1. The Bertz CT molecular complexity index is 1010. The molecule has 0 bridgehead atoms. The first-order valence-corrected chi connectivity index (χ1v) is 10.5. The molecule has 2 aromatic carbocycles. The van der Waals surface area contributed by atoms with E-state index < -0.39 is 12.1 Å². The highest BCUT2D eigenvalue weighted by atomic mass is 16.5. The Morgan fingerprint density at radius 1 is 1.00 bits per heavy atom. The minimum atomic E-state index is -0.956. The number of amides is 3. The van der Waals surface area contributed by atoms with Crippen LogP contribution in [0.15, 0.2) is 48.5 Å². The Hall–Kier alpha value is -3.48. The summed E-state index contributed by atoms with van der Waals surface area (Å²) in [5, 5.41) is 2.99. The number of hydrogen-bond donors (Lipinski definition) is 1. The molecule has 2 aromatic rings. The maximum atomic E-state index is 12.6. The van der Waals surface area contributed by atoms with Crippen LogP contribution in [-0.2, 0) is 25.5 Å². The number of imide groups is 1. The number of ether oxygens (including phenoxy) is 1. The van der Waals surface area contributed by atoms with Gasteiger partial charge in [-0.2, -0.15) is 0 Å². The van der Waals surface area contributed by atoms with Crippen molar-refractivity contribution in [3.8, 4) is 0 Å². The smallest absolute Gasteiger partial charge is 0.338 e. The zero-order valence-electron chi connectivity index (χ0n) is 17.3. The van der Waals surface area contributed by atoms with E-state index in [1.165, 1.54) is 36.8 Å². The van der Waals surface area contributed by atoms with Crippen LogP contribution in [0.2, 0.25) is 0 Å². The van der Waals surface area contributed by atoms with Crippen molar-refractivity contribution >= 4 is 29.4 Å². The van der Waals surface area contributed by atoms with Crippen LogP contribution in [0, 0.1) is 0 Å². The quantitative estimate of drug-likeness (QED) is 0.593.